The number of rotatable bonds is 4. The van der Waals surface area contributed by atoms with Crippen LogP contribution in [0.15, 0.2) is 30.5 Å². The maximum atomic E-state index is 5.15. The number of aromatic nitrogens is 2. The first kappa shape index (κ1) is 11.7. The molecule has 1 aromatic carbocycles. The van der Waals surface area contributed by atoms with Crippen LogP contribution < -0.4 is 10.1 Å². The van der Waals surface area contributed by atoms with Crippen LogP contribution in [-0.2, 0) is 13.6 Å². The van der Waals surface area contributed by atoms with Gasteiger partial charge in [0.2, 0.25) is 0 Å². The van der Waals surface area contributed by atoms with Gasteiger partial charge in [0.25, 0.3) is 0 Å². The van der Waals surface area contributed by atoms with Gasteiger partial charge < -0.3 is 14.6 Å². The van der Waals surface area contributed by atoms with Crippen molar-refractivity contribution in [1.82, 2.24) is 14.9 Å². The molecule has 1 N–H and O–H groups in total. The number of hydrogen-bond acceptors (Lipinski definition) is 3. The van der Waals surface area contributed by atoms with E-state index >= 15 is 0 Å². The Morgan fingerprint density at radius 1 is 1.29 bits per heavy atom. The third-order valence-electron chi connectivity index (χ3n) is 2.81. The Bertz CT molecular complexity index is 488. The fourth-order valence-corrected chi connectivity index (χ4v) is 1.80. The van der Waals surface area contributed by atoms with Gasteiger partial charge in [-0.3, -0.25) is 0 Å². The van der Waals surface area contributed by atoms with Crippen molar-refractivity contribution < 1.29 is 4.74 Å². The van der Waals surface area contributed by atoms with Crippen LogP contribution in [0, 0.1) is 0 Å². The van der Waals surface area contributed by atoms with E-state index in [0.717, 1.165) is 29.4 Å². The first-order valence-electron chi connectivity index (χ1n) is 5.56. The van der Waals surface area contributed by atoms with Crippen molar-refractivity contribution >= 4 is 0 Å². The molecule has 0 aliphatic rings. The van der Waals surface area contributed by atoms with Gasteiger partial charge in [0, 0.05) is 12.6 Å². The lowest BCUT2D eigenvalue weighted by Crippen LogP contribution is -2.10. The average molecular weight is 231 g/mol. The van der Waals surface area contributed by atoms with E-state index in [1.807, 2.05) is 44.6 Å². The van der Waals surface area contributed by atoms with E-state index in [9.17, 15) is 0 Å². The summed E-state index contributed by atoms with van der Waals surface area (Å²) >= 11 is 0. The molecule has 1 heterocycles. The van der Waals surface area contributed by atoms with Gasteiger partial charge in [-0.1, -0.05) is 0 Å². The van der Waals surface area contributed by atoms with Gasteiger partial charge >= 0.3 is 0 Å². The molecule has 2 aromatic rings. The molecule has 2 rings (SSSR count). The molecule has 0 bridgehead atoms. The van der Waals surface area contributed by atoms with Gasteiger partial charge in [-0.15, -0.1) is 0 Å². The number of benzene rings is 1. The molecule has 17 heavy (non-hydrogen) atoms. The first-order chi connectivity index (χ1) is 8.26. The zero-order valence-corrected chi connectivity index (χ0v) is 10.4. The Balaban J connectivity index is 2.32. The molecule has 0 saturated heterocycles. The number of nitrogens with one attached hydrogen (secondary N) is 1. The molecule has 0 saturated carbocycles. The van der Waals surface area contributed by atoms with Crippen LogP contribution in [-0.4, -0.2) is 23.7 Å². The number of methoxy groups -OCH3 is 1. The minimum absolute atomic E-state index is 0.770. The summed E-state index contributed by atoms with van der Waals surface area (Å²) in [6.07, 6.45) is 1.90. The lowest BCUT2D eigenvalue weighted by Gasteiger charge is -2.06. The summed E-state index contributed by atoms with van der Waals surface area (Å²) in [5, 5.41) is 3.10. The lowest BCUT2D eigenvalue weighted by molar-refractivity contribution is 0.415. The second kappa shape index (κ2) is 5.01. The van der Waals surface area contributed by atoms with Crippen LogP contribution in [0.3, 0.4) is 0 Å². The maximum Gasteiger partial charge on any atom is 0.122 e. The van der Waals surface area contributed by atoms with E-state index in [0.29, 0.717) is 0 Å². The van der Waals surface area contributed by atoms with Crippen molar-refractivity contribution in [3.8, 4) is 17.0 Å². The summed E-state index contributed by atoms with van der Waals surface area (Å²) in [7, 11) is 5.62. The van der Waals surface area contributed by atoms with E-state index in [2.05, 4.69) is 14.9 Å². The molecule has 0 radical (unpaired) electrons. The second-order valence-electron chi connectivity index (χ2n) is 3.88. The van der Waals surface area contributed by atoms with Gasteiger partial charge in [-0.25, -0.2) is 4.98 Å². The number of imidazole rings is 1. The molecule has 0 atom stereocenters. The van der Waals surface area contributed by atoms with Crippen molar-refractivity contribution in [1.29, 1.82) is 0 Å². The van der Waals surface area contributed by atoms with Gasteiger partial charge in [0.1, 0.15) is 11.6 Å². The Kier molecular flexibility index (Phi) is 3.44. The molecule has 0 amide bonds. The van der Waals surface area contributed by atoms with Gasteiger partial charge in [0.05, 0.1) is 25.5 Å². The molecule has 0 aliphatic heterocycles. The summed E-state index contributed by atoms with van der Waals surface area (Å²) in [5.74, 6) is 1.89. The van der Waals surface area contributed by atoms with Crippen LogP contribution in [0.1, 0.15) is 5.82 Å². The summed E-state index contributed by atoms with van der Waals surface area (Å²) in [6.45, 7) is 0.770. The van der Waals surface area contributed by atoms with E-state index in [1.54, 1.807) is 7.11 Å². The number of ether oxygens (including phenoxy) is 1. The Morgan fingerprint density at radius 2 is 2.00 bits per heavy atom. The van der Waals surface area contributed by atoms with Gasteiger partial charge in [-0.2, -0.15) is 0 Å². The van der Waals surface area contributed by atoms with Gasteiger partial charge in [-0.05, 0) is 31.3 Å². The van der Waals surface area contributed by atoms with Crippen LogP contribution in [0.2, 0.25) is 0 Å². The monoisotopic (exact) mass is 231 g/mol. The average Bonchev–Trinajstić information content (AvgIpc) is 2.72. The topological polar surface area (TPSA) is 39.1 Å². The zero-order chi connectivity index (χ0) is 12.3. The molecular weight excluding hydrogens is 214 g/mol. The maximum absolute atomic E-state index is 5.15. The van der Waals surface area contributed by atoms with Crippen molar-refractivity contribution in [2.45, 2.75) is 6.54 Å². The molecule has 4 heteroatoms. The van der Waals surface area contributed by atoms with E-state index in [4.69, 9.17) is 4.74 Å². The quantitative estimate of drug-likeness (QED) is 0.872. The molecule has 4 nitrogen and oxygen atoms in total. The Hall–Kier alpha value is -1.81. The molecule has 0 fully saturated rings. The normalized spacial score (nSPS) is 10.5. The van der Waals surface area contributed by atoms with Crippen molar-refractivity contribution in [2.75, 3.05) is 14.2 Å². The fraction of sp³-hybridized carbons (Fsp3) is 0.308. The molecule has 1 aromatic heterocycles. The predicted octanol–water partition coefficient (Wildman–Crippen LogP) is 1.82. The highest BCUT2D eigenvalue weighted by Gasteiger charge is 2.07. The highest BCUT2D eigenvalue weighted by atomic mass is 16.5. The number of hydrogen-bond donors (Lipinski definition) is 1. The fourth-order valence-electron chi connectivity index (χ4n) is 1.80. The molecule has 0 aliphatic carbocycles. The molecule has 90 valence electrons. The molecule has 0 spiro atoms. The predicted molar refractivity (Wildman–Crippen MR) is 68.0 cm³/mol. The highest BCUT2D eigenvalue weighted by Crippen LogP contribution is 2.22. The van der Waals surface area contributed by atoms with E-state index in [1.165, 1.54) is 0 Å². The Labute approximate surface area is 101 Å². The third-order valence-corrected chi connectivity index (χ3v) is 2.81. The van der Waals surface area contributed by atoms with Crippen molar-refractivity contribution in [3.63, 3.8) is 0 Å². The minimum Gasteiger partial charge on any atom is -0.497 e. The first-order valence-corrected chi connectivity index (χ1v) is 5.56. The number of nitrogens with zero attached hydrogens (tertiary/aromatic N) is 2. The second-order valence-corrected chi connectivity index (χ2v) is 3.88. The largest absolute Gasteiger partial charge is 0.497 e. The summed E-state index contributed by atoms with van der Waals surface area (Å²) in [5.41, 5.74) is 2.25. The Morgan fingerprint density at radius 3 is 2.59 bits per heavy atom. The van der Waals surface area contributed by atoms with E-state index < -0.39 is 0 Å². The zero-order valence-electron chi connectivity index (χ0n) is 10.4. The SMILES string of the molecule is CNCc1ncc(-c2ccc(OC)cc2)n1C. The minimum atomic E-state index is 0.770. The van der Waals surface area contributed by atoms with Crippen molar-refractivity contribution in [3.05, 3.63) is 36.3 Å². The third kappa shape index (κ3) is 2.31. The van der Waals surface area contributed by atoms with Crippen LogP contribution in [0.4, 0.5) is 0 Å². The summed E-state index contributed by atoms with van der Waals surface area (Å²) < 4.78 is 7.24. The standard InChI is InChI=1S/C13H17N3O/c1-14-9-13-15-8-12(16(13)2)10-4-6-11(17-3)7-5-10/h4-8,14H,9H2,1-3H3. The smallest absolute Gasteiger partial charge is 0.122 e. The van der Waals surface area contributed by atoms with Crippen LogP contribution in [0.5, 0.6) is 5.75 Å². The molecular formula is C13H17N3O. The highest BCUT2D eigenvalue weighted by molar-refractivity contribution is 5.60. The van der Waals surface area contributed by atoms with Crippen LogP contribution >= 0.6 is 0 Å². The van der Waals surface area contributed by atoms with Crippen molar-refractivity contribution in [2.24, 2.45) is 7.05 Å². The lowest BCUT2D eigenvalue weighted by atomic mass is 10.1. The summed E-state index contributed by atoms with van der Waals surface area (Å²) in [6, 6.07) is 8.00. The van der Waals surface area contributed by atoms with E-state index in [-0.39, 0.29) is 0 Å². The molecule has 0 unspecified atom stereocenters. The van der Waals surface area contributed by atoms with Crippen LogP contribution in [0.25, 0.3) is 11.3 Å². The van der Waals surface area contributed by atoms with Gasteiger partial charge in [0.15, 0.2) is 0 Å². The summed E-state index contributed by atoms with van der Waals surface area (Å²) in [4.78, 5) is 4.39.